The highest BCUT2D eigenvalue weighted by Gasteiger charge is 2.12. The van der Waals surface area contributed by atoms with E-state index < -0.39 is 0 Å². The van der Waals surface area contributed by atoms with Gasteiger partial charge in [-0.15, -0.1) is 0 Å². The van der Waals surface area contributed by atoms with E-state index in [0.717, 1.165) is 35.1 Å². The minimum absolute atomic E-state index is 0.352. The summed E-state index contributed by atoms with van der Waals surface area (Å²) in [5, 5.41) is 3.53. The van der Waals surface area contributed by atoms with Crippen LogP contribution in [0.3, 0.4) is 0 Å². The maximum absolute atomic E-state index is 6.01. The van der Waals surface area contributed by atoms with Crippen LogP contribution in [0, 0.1) is 0 Å². The standard InChI is InChI=1S/C16H20BrN3/c1-2-20-14(9-12-5-3-4-6-15(12)17)10-13-11-19-8-7-16(13)18/h3-8,11,14,20H,2,9-10H2,1H3,(H2,18,19). The fraction of sp³-hybridized carbons (Fsp3) is 0.312. The van der Waals surface area contributed by atoms with Gasteiger partial charge in [-0.1, -0.05) is 41.1 Å². The van der Waals surface area contributed by atoms with Crippen LogP contribution >= 0.6 is 15.9 Å². The van der Waals surface area contributed by atoms with E-state index in [2.05, 4.69) is 51.4 Å². The van der Waals surface area contributed by atoms with E-state index in [1.165, 1.54) is 5.56 Å². The molecule has 0 amide bonds. The minimum Gasteiger partial charge on any atom is -0.398 e. The van der Waals surface area contributed by atoms with Gasteiger partial charge in [0.05, 0.1) is 0 Å². The van der Waals surface area contributed by atoms with E-state index in [0.29, 0.717) is 6.04 Å². The number of nitrogens with two attached hydrogens (primary N) is 1. The first-order valence-corrected chi connectivity index (χ1v) is 7.65. The number of nitrogens with one attached hydrogen (secondary N) is 1. The third-order valence-corrected chi connectivity index (χ3v) is 4.10. The van der Waals surface area contributed by atoms with Crippen LogP contribution in [0.25, 0.3) is 0 Å². The van der Waals surface area contributed by atoms with Crippen molar-refractivity contribution in [2.24, 2.45) is 0 Å². The fourth-order valence-corrected chi connectivity index (χ4v) is 2.76. The molecule has 0 aliphatic carbocycles. The van der Waals surface area contributed by atoms with Gasteiger partial charge in [0, 0.05) is 28.6 Å². The van der Waals surface area contributed by atoms with Crippen LogP contribution in [-0.2, 0) is 12.8 Å². The average molecular weight is 334 g/mol. The summed E-state index contributed by atoms with van der Waals surface area (Å²) < 4.78 is 1.15. The van der Waals surface area contributed by atoms with Gasteiger partial charge >= 0.3 is 0 Å². The molecule has 0 fully saturated rings. The first-order valence-electron chi connectivity index (χ1n) is 6.86. The normalized spacial score (nSPS) is 12.3. The molecule has 0 radical (unpaired) electrons. The predicted octanol–water partition coefficient (Wildman–Crippen LogP) is 3.19. The van der Waals surface area contributed by atoms with Crippen LogP contribution in [0.5, 0.6) is 0 Å². The molecule has 0 saturated carbocycles. The van der Waals surface area contributed by atoms with Gasteiger partial charge in [0.25, 0.3) is 0 Å². The molecule has 1 aromatic heterocycles. The molecular formula is C16H20BrN3. The Morgan fingerprint density at radius 3 is 2.65 bits per heavy atom. The molecule has 3 nitrogen and oxygen atoms in total. The average Bonchev–Trinajstić information content (AvgIpc) is 2.44. The van der Waals surface area contributed by atoms with Crippen molar-refractivity contribution in [2.45, 2.75) is 25.8 Å². The quantitative estimate of drug-likeness (QED) is 0.853. The molecule has 2 rings (SSSR count). The van der Waals surface area contributed by atoms with Crippen LogP contribution < -0.4 is 11.1 Å². The van der Waals surface area contributed by atoms with Crippen LogP contribution in [-0.4, -0.2) is 17.6 Å². The molecule has 20 heavy (non-hydrogen) atoms. The molecule has 3 N–H and O–H groups in total. The first-order chi connectivity index (χ1) is 9.70. The zero-order valence-electron chi connectivity index (χ0n) is 11.6. The Labute approximate surface area is 128 Å². The summed E-state index contributed by atoms with van der Waals surface area (Å²) in [6, 6.07) is 10.6. The SMILES string of the molecule is CCNC(Cc1cnccc1N)Cc1ccccc1Br. The zero-order chi connectivity index (χ0) is 14.4. The van der Waals surface area contributed by atoms with Crippen molar-refractivity contribution in [1.29, 1.82) is 0 Å². The Kier molecular flexibility index (Phi) is 5.56. The predicted molar refractivity (Wildman–Crippen MR) is 87.7 cm³/mol. The third kappa shape index (κ3) is 4.05. The summed E-state index contributed by atoms with van der Waals surface area (Å²) in [4.78, 5) is 4.17. The molecule has 2 aromatic rings. The number of aromatic nitrogens is 1. The van der Waals surface area contributed by atoms with Crippen molar-refractivity contribution in [2.75, 3.05) is 12.3 Å². The van der Waals surface area contributed by atoms with Gasteiger partial charge in [-0.3, -0.25) is 4.98 Å². The molecule has 0 bridgehead atoms. The summed E-state index contributed by atoms with van der Waals surface area (Å²) in [6.07, 6.45) is 5.44. The van der Waals surface area contributed by atoms with Crippen LogP contribution in [0.4, 0.5) is 5.69 Å². The van der Waals surface area contributed by atoms with E-state index in [9.17, 15) is 0 Å². The van der Waals surface area contributed by atoms with E-state index in [1.807, 2.05) is 18.3 Å². The summed E-state index contributed by atoms with van der Waals surface area (Å²) in [5.74, 6) is 0. The highest BCUT2D eigenvalue weighted by atomic mass is 79.9. The van der Waals surface area contributed by atoms with Gasteiger partial charge in [0.15, 0.2) is 0 Å². The second kappa shape index (κ2) is 7.41. The van der Waals surface area contributed by atoms with Gasteiger partial charge in [-0.05, 0) is 42.6 Å². The van der Waals surface area contributed by atoms with E-state index in [4.69, 9.17) is 5.73 Å². The highest BCUT2D eigenvalue weighted by Crippen LogP contribution is 2.20. The van der Waals surface area contributed by atoms with Crippen LogP contribution in [0.2, 0.25) is 0 Å². The molecule has 0 saturated heterocycles. The molecule has 0 aliphatic rings. The van der Waals surface area contributed by atoms with Crippen molar-refractivity contribution in [1.82, 2.24) is 10.3 Å². The van der Waals surface area contributed by atoms with Crippen LogP contribution in [0.15, 0.2) is 47.2 Å². The number of hydrogen-bond acceptors (Lipinski definition) is 3. The van der Waals surface area contributed by atoms with Gasteiger partial charge in [0.2, 0.25) is 0 Å². The Balaban J connectivity index is 2.12. The van der Waals surface area contributed by atoms with Crippen molar-refractivity contribution in [3.8, 4) is 0 Å². The highest BCUT2D eigenvalue weighted by molar-refractivity contribution is 9.10. The second-order valence-corrected chi connectivity index (χ2v) is 5.68. The van der Waals surface area contributed by atoms with Crippen molar-refractivity contribution in [3.05, 3.63) is 58.3 Å². The summed E-state index contributed by atoms with van der Waals surface area (Å²) in [6.45, 7) is 3.06. The number of anilines is 1. The molecule has 0 aliphatic heterocycles. The lowest BCUT2D eigenvalue weighted by Gasteiger charge is -2.19. The lowest BCUT2D eigenvalue weighted by atomic mass is 9.99. The van der Waals surface area contributed by atoms with Crippen LogP contribution in [0.1, 0.15) is 18.1 Å². The van der Waals surface area contributed by atoms with Gasteiger partial charge < -0.3 is 11.1 Å². The monoisotopic (exact) mass is 333 g/mol. The summed E-state index contributed by atoms with van der Waals surface area (Å²) >= 11 is 3.61. The number of hydrogen-bond donors (Lipinski definition) is 2. The molecule has 1 aromatic carbocycles. The number of nitrogens with zero attached hydrogens (tertiary/aromatic N) is 1. The number of likely N-dealkylation sites (N-methyl/N-ethyl adjacent to an activating group) is 1. The number of pyridine rings is 1. The maximum atomic E-state index is 6.01. The molecule has 106 valence electrons. The number of rotatable bonds is 6. The Bertz CT molecular complexity index is 509. The smallest absolute Gasteiger partial charge is 0.0378 e. The number of benzene rings is 1. The molecular weight excluding hydrogens is 314 g/mol. The summed E-state index contributed by atoms with van der Waals surface area (Å²) in [7, 11) is 0. The lowest BCUT2D eigenvalue weighted by Crippen LogP contribution is -2.33. The largest absolute Gasteiger partial charge is 0.398 e. The Morgan fingerprint density at radius 1 is 1.20 bits per heavy atom. The van der Waals surface area contributed by atoms with Gasteiger partial charge in [-0.25, -0.2) is 0 Å². The van der Waals surface area contributed by atoms with Gasteiger partial charge in [0.1, 0.15) is 0 Å². The minimum atomic E-state index is 0.352. The van der Waals surface area contributed by atoms with Crippen molar-refractivity contribution < 1.29 is 0 Å². The van der Waals surface area contributed by atoms with E-state index in [-0.39, 0.29) is 0 Å². The molecule has 1 unspecified atom stereocenters. The number of nitrogen functional groups attached to an aromatic ring is 1. The maximum Gasteiger partial charge on any atom is 0.0378 e. The molecule has 1 atom stereocenters. The van der Waals surface area contributed by atoms with E-state index in [1.54, 1.807) is 6.20 Å². The molecule has 1 heterocycles. The second-order valence-electron chi connectivity index (χ2n) is 4.83. The molecule has 0 spiro atoms. The summed E-state index contributed by atoms with van der Waals surface area (Å²) in [5.41, 5.74) is 9.23. The molecule has 4 heteroatoms. The lowest BCUT2D eigenvalue weighted by molar-refractivity contribution is 0.521. The Hall–Kier alpha value is -1.39. The van der Waals surface area contributed by atoms with E-state index >= 15 is 0 Å². The number of halogens is 1. The third-order valence-electron chi connectivity index (χ3n) is 3.32. The first kappa shape index (κ1) is 15.0. The Morgan fingerprint density at radius 2 is 1.95 bits per heavy atom. The van der Waals surface area contributed by atoms with Crippen molar-refractivity contribution >= 4 is 21.6 Å². The fourth-order valence-electron chi connectivity index (χ4n) is 2.31. The topological polar surface area (TPSA) is 50.9 Å². The van der Waals surface area contributed by atoms with Gasteiger partial charge in [-0.2, -0.15) is 0 Å². The van der Waals surface area contributed by atoms with Crippen molar-refractivity contribution in [3.63, 3.8) is 0 Å². The zero-order valence-corrected chi connectivity index (χ0v) is 13.2.